The van der Waals surface area contributed by atoms with E-state index in [1.807, 2.05) is 60.7 Å². The van der Waals surface area contributed by atoms with Crippen molar-refractivity contribution in [2.75, 3.05) is 11.9 Å². The molecule has 1 aliphatic carbocycles. The van der Waals surface area contributed by atoms with Crippen LogP contribution in [0.15, 0.2) is 60.7 Å². The summed E-state index contributed by atoms with van der Waals surface area (Å²) in [6, 6.07) is 19.2. The van der Waals surface area contributed by atoms with Gasteiger partial charge in [-0.15, -0.1) is 0 Å². The summed E-state index contributed by atoms with van der Waals surface area (Å²) in [5.41, 5.74) is 1.68. The molecule has 0 aromatic heterocycles. The normalized spacial score (nSPS) is 14.4. The molecule has 0 aliphatic heterocycles. The number of amides is 2. The second kappa shape index (κ2) is 9.49. The molecule has 1 saturated carbocycles. The van der Waals surface area contributed by atoms with Crippen LogP contribution in [0.2, 0.25) is 0 Å². The monoisotopic (exact) mass is 462 g/mol. The SMILES string of the molecule is O=C(NCC1CCCCC1)c1cc([AsH2])ccc1NC(=O)c1cccc2ccccc12. The summed E-state index contributed by atoms with van der Waals surface area (Å²) in [6.07, 6.45) is 6.16. The molecular weight excluding hydrogens is 435 g/mol. The summed E-state index contributed by atoms with van der Waals surface area (Å²) in [6.45, 7) is 0.703. The molecule has 0 bridgehead atoms. The van der Waals surface area contributed by atoms with Crippen molar-refractivity contribution in [1.29, 1.82) is 0 Å². The number of nitrogens with one attached hydrogen (secondary N) is 2. The van der Waals surface area contributed by atoms with Gasteiger partial charge in [-0.1, -0.05) is 0 Å². The predicted octanol–water partition coefficient (Wildman–Crippen LogP) is 3.66. The van der Waals surface area contributed by atoms with Gasteiger partial charge in [-0.2, -0.15) is 0 Å². The standard InChI is InChI=1S/C25H27AsN2O2/c26-19-13-14-23(22(15-19)24(29)27-16-17-7-2-1-3-8-17)28-25(30)21-12-6-10-18-9-4-5-11-20(18)21/h4-6,9-15,17H,1-3,7-8,16,26H2,(H,27,29)(H,28,30). The van der Waals surface area contributed by atoms with E-state index in [-0.39, 0.29) is 11.8 Å². The van der Waals surface area contributed by atoms with E-state index in [0.29, 0.717) is 29.3 Å². The zero-order valence-electron chi connectivity index (χ0n) is 17.0. The van der Waals surface area contributed by atoms with Crippen molar-refractivity contribution in [2.24, 2.45) is 5.92 Å². The summed E-state index contributed by atoms with van der Waals surface area (Å²) in [7, 11) is 0. The number of benzene rings is 3. The molecule has 2 amide bonds. The van der Waals surface area contributed by atoms with Crippen LogP contribution in [0.1, 0.15) is 52.8 Å². The molecule has 0 saturated heterocycles. The second-order valence-electron chi connectivity index (χ2n) is 8.00. The van der Waals surface area contributed by atoms with Gasteiger partial charge in [-0.3, -0.25) is 0 Å². The predicted molar refractivity (Wildman–Crippen MR) is 125 cm³/mol. The van der Waals surface area contributed by atoms with Gasteiger partial charge in [0.15, 0.2) is 0 Å². The first kappa shape index (κ1) is 20.7. The topological polar surface area (TPSA) is 58.2 Å². The molecule has 1 unspecified atom stereocenters. The van der Waals surface area contributed by atoms with E-state index in [4.69, 9.17) is 0 Å². The van der Waals surface area contributed by atoms with Crippen LogP contribution in [0.4, 0.5) is 5.69 Å². The fraction of sp³-hybridized carbons (Fsp3) is 0.280. The van der Waals surface area contributed by atoms with E-state index in [1.165, 1.54) is 49.0 Å². The van der Waals surface area contributed by atoms with E-state index < -0.39 is 0 Å². The minimum absolute atomic E-state index is 0.117. The first-order chi connectivity index (χ1) is 14.6. The molecule has 154 valence electrons. The van der Waals surface area contributed by atoms with Gasteiger partial charge in [-0.05, 0) is 0 Å². The number of fused-ring (bicyclic) bond motifs is 1. The second-order valence-corrected chi connectivity index (χ2v) is 9.40. The number of hydrogen-bond acceptors (Lipinski definition) is 2. The third-order valence-electron chi connectivity index (χ3n) is 5.85. The third-order valence-corrected chi connectivity index (χ3v) is 6.60. The van der Waals surface area contributed by atoms with Crippen molar-refractivity contribution < 1.29 is 9.59 Å². The molecule has 30 heavy (non-hydrogen) atoms. The summed E-state index contributed by atoms with van der Waals surface area (Å²) >= 11 is 1.46. The van der Waals surface area contributed by atoms with Gasteiger partial charge in [0, 0.05) is 0 Å². The van der Waals surface area contributed by atoms with Crippen LogP contribution in [-0.4, -0.2) is 35.2 Å². The average Bonchev–Trinajstić information content (AvgIpc) is 2.79. The van der Waals surface area contributed by atoms with Crippen LogP contribution in [0, 0.1) is 5.92 Å². The third kappa shape index (κ3) is 4.76. The van der Waals surface area contributed by atoms with Crippen LogP contribution in [-0.2, 0) is 0 Å². The number of rotatable bonds is 5. The van der Waals surface area contributed by atoms with Gasteiger partial charge < -0.3 is 0 Å². The Morgan fingerprint density at radius 2 is 1.63 bits per heavy atom. The van der Waals surface area contributed by atoms with Gasteiger partial charge in [0.25, 0.3) is 0 Å². The van der Waals surface area contributed by atoms with Crippen LogP contribution in [0.25, 0.3) is 10.8 Å². The Morgan fingerprint density at radius 1 is 0.867 bits per heavy atom. The summed E-state index contributed by atoms with van der Waals surface area (Å²) in [4.78, 5) is 26.0. The zero-order valence-corrected chi connectivity index (χ0v) is 19.4. The summed E-state index contributed by atoms with van der Waals surface area (Å²) in [5.74, 6) is 0.237. The Bertz CT molecular complexity index is 1070. The van der Waals surface area contributed by atoms with Crippen molar-refractivity contribution in [3.8, 4) is 0 Å². The average molecular weight is 462 g/mol. The molecule has 1 fully saturated rings. The molecule has 0 radical (unpaired) electrons. The maximum absolute atomic E-state index is 13.1. The molecule has 3 aromatic rings. The summed E-state index contributed by atoms with van der Waals surface area (Å²) in [5, 5.41) is 7.98. The van der Waals surface area contributed by atoms with Gasteiger partial charge in [0.05, 0.1) is 0 Å². The summed E-state index contributed by atoms with van der Waals surface area (Å²) < 4.78 is 1.05. The molecule has 2 N–H and O–H groups in total. The Kier molecular flexibility index (Phi) is 6.54. The zero-order chi connectivity index (χ0) is 20.9. The molecule has 1 atom stereocenters. The molecule has 0 spiro atoms. The van der Waals surface area contributed by atoms with Crippen molar-refractivity contribution >= 4 is 49.5 Å². The fourth-order valence-electron chi connectivity index (χ4n) is 4.20. The van der Waals surface area contributed by atoms with Crippen molar-refractivity contribution in [3.63, 3.8) is 0 Å². The number of anilines is 1. The van der Waals surface area contributed by atoms with Gasteiger partial charge in [0.1, 0.15) is 0 Å². The Hall–Kier alpha value is -2.58. The van der Waals surface area contributed by atoms with Gasteiger partial charge in [0.2, 0.25) is 0 Å². The number of carbonyl (C=O) groups excluding carboxylic acids is 2. The van der Waals surface area contributed by atoms with Gasteiger partial charge in [-0.25, -0.2) is 0 Å². The molecular formula is C25H27AsN2O2. The van der Waals surface area contributed by atoms with Crippen LogP contribution in [0.3, 0.4) is 0 Å². The fourth-order valence-corrected chi connectivity index (χ4v) is 4.75. The van der Waals surface area contributed by atoms with E-state index in [1.54, 1.807) is 0 Å². The van der Waals surface area contributed by atoms with Crippen molar-refractivity contribution in [3.05, 3.63) is 71.8 Å². The van der Waals surface area contributed by atoms with E-state index in [2.05, 4.69) is 10.6 Å². The van der Waals surface area contributed by atoms with E-state index >= 15 is 0 Å². The van der Waals surface area contributed by atoms with E-state index in [9.17, 15) is 9.59 Å². The van der Waals surface area contributed by atoms with Crippen LogP contribution < -0.4 is 15.0 Å². The minimum atomic E-state index is -0.206. The molecule has 1 aliphatic rings. The maximum atomic E-state index is 13.1. The first-order valence-corrected chi connectivity index (χ1v) is 11.8. The molecule has 4 rings (SSSR count). The Labute approximate surface area is 185 Å². The van der Waals surface area contributed by atoms with Crippen LogP contribution >= 0.6 is 0 Å². The quantitative estimate of drug-likeness (QED) is 0.569. The Morgan fingerprint density at radius 3 is 2.47 bits per heavy atom. The van der Waals surface area contributed by atoms with Crippen molar-refractivity contribution in [2.45, 2.75) is 32.1 Å². The molecule has 0 heterocycles. The first-order valence-electron chi connectivity index (χ1n) is 10.6. The van der Waals surface area contributed by atoms with E-state index in [0.717, 1.165) is 15.1 Å². The number of hydrogen-bond donors (Lipinski definition) is 2. The number of carbonyl (C=O) groups is 2. The molecule has 3 aromatic carbocycles. The van der Waals surface area contributed by atoms with Gasteiger partial charge >= 0.3 is 186 Å². The van der Waals surface area contributed by atoms with Crippen LogP contribution in [0.5, 0.6) is 0 Å². The Balaban J connectivity index is 1.54. The molecule has 5 heteroatoms. The molecule has 4 nitrogen and oxygen atoms in total. The van der Waals surface area contributed by atoms with Crippen molar-refractivity contribution in [1.82, 2.24) is 5.32 Å².